The minimum atomic E-state index is -0.0539. The number of carbonyl (C=O) groups excluding carboxylic acids is 1. The molecule has 2 aromatic heterocycles. The number of pyridine rings is 2. The van der Waals surface area contributed by atoms with Gasteiger partial charge < -0.3 is 10.2 Å². The molecule has 2 heterocycles. The summed E-state index contributed by atoms with van der Waals surface area (Å²) in [7, 11) is 3.44. The number of carbonyl (C=O) groups is 1. The van der Waals surface area contributed by atoms with Gasteiger partial charge in [-0.05, 0) is 31.2 Å². The summed E-state index contributed by atoms with van der Waals surface area (Å²) in [6.45, 7) is 2.02. The van der Waals surface area contributed by atoms with Gasteiger partial charge in [-0.25, -0.2) is 4.98 Å². The molecule has 5 heteroatoms. The first-order valence-electron chi connectivity index (χ1n) is 6.43. The molecule has 0 saturated heterocycles. The molecule has 0 fully saturated rings. The topological polar surface area (TPSA) is 58.1 Å². The molecule has 0 saturated carbocycles. The Balaban J connectivity index is 2.06. The molecule has 20 heavy (non-hydrogen) atoms. The lowest BCUT2D eigenvalue weighted by Crippen LogP contribution is -2.21. The lowest BCUT2D eigenvalue weighted by molar-refractivity contribution is 0.0827. The average Bonchev–Trinajstić information content (AvgIpc) is 2.48. The largest absolute Gasteiger partial charge is 0.362 e. The first-order valence-corrected chi connectivity index (χ1v) is 6.43. The van der Waals surface area contributed by atoms with E-state index in [2.05, 4.69) is 15.3 Å². The maximum atomic E-state index is 11.8. The SMILES string of the molecule is CC(Nc1ccc(C(=O)N(C)C)cn1)c1ccccn1. The number of anilines is 1. The lowest BCUT2D eigenvalue weighted by atomic mass is 10.2. The fourth-order valence-electron chi connectivity index (χ4n) is 1.79. The van der Waals surface area contributed by atoms with Crippen molar-refractivity contribution in [2.45, 2.75) is 13.0 Å². The number of aromatic nitrogens is 2. The number of nitrogens with one attached hydrogen (secondary N) is 1. The minimum absolute atomic E-state index is 0.0539. The van der Waals surface area contributed by atoms with Gasteiger partial charge in [0, 0.05) is 26.5 Å². The predicted octanol–water partition coefficient (Wildman–Crippen LogP) is 2.35. The van der Waals surface area contributed by atoms with Gasteiger partial charge in [-0.15, -0.1) is 0 Å². The minimum Gasteiger partial charge on any atom is -0.362 e. The van der Waals surface area contributed by atoms with Crippen LogP contribution in [0.2, 0.25) is 0 Å². The van der Waals surface area contributed by atoms with Crippen LogP contribution < -0.4 is 5.32 Å². The summed E-state index contributed by atoms with van der Waals surface area (Å²) in [6, 6.07) is 9.42. The molecule has 1 N–H and O–H groups in total. The normalized spacial score (nSPS) is 11.8. The van der Waals surface area contributed by atoms with Crippen LogP contribution in [0.4, 0.5) is 5.82 Å². The van der Waals surface area contributed by atoms with Crippen LogP contribution in [0.3, 0.4) is 0 Å². The van der Waals surface area contributed by atoms with Crippen LogP contribution in [0, 0.1) is 0 Å². The van der Waals surface area contributed by atoms with Crippen LogP contribution in [-0.4, -0.2) is 34.9 Å². The molecule has 0 spiro atoms. The number of hydrogen-bond donors (Lipinski definition) is 1. The van der Waals surface area contributed by atoms with Gasteiger partial charge in [-0.1, -0.05) is 6.07 Å². The Labute approximate surface area is 118 Å². The van der Waals surface area contributed by atoms with E-state index in [0.717, 1.165) is 11.5 Å². The average molecular weight is 270 g/mol. The van der Waals surface area contributed by atoms with Crippen molar-refractivity contribution in [1.29, 1.82) is 0 Å². The standard InChI is InChI=1S/C15H18N4O/c1-11(13-6-4-5-9-16-13)18-14-8-7-12(10-17-14)15(20)19(2)3/h4-11H,1-3H3,(H,17,18). The maximum absolute atomic E-state index is 11.8. The van der Waals surface area contributed by atoms with Crippen molar-refractivity contribution in [3.8, 4) is 0 Å². The second kappa shape index (κ2) is 6.14. The number of amides is 1. The molecule has 0 radical (unpaired) electrons. The van der Waals surface area contributed by atoms with Crippen molar-refractivity contribution in [2.75, 3.05) is 19.4 Å². The van der Waals surface area contributed by atoms with E-state index in [1.807, 2.05) is 25.1 Å². The first-order chi connectivity index (χ1) is 9.58. The monoisotopic (exact) mass is 270 g/mol. The molecule has 104 valence electrons. The van der Waals surface area contributed by atoms with Crippen molar-refractivity contribution in [3.63, 3.8) is 0 Å². The second-order valence-corrected chi connectivity index (χ2v) is 4.75. The van der Waals surface area contributed by atoms with Crippen molar-refractivity contribution in [2.24, 2.45) is 0 Å². The van der Waals surface area contributed by atoms with Crippen LogP contribution in [0.5, 0.6) is 0 Å². The summed E-state index contributed by atoms with van der Waals surface area (Å²) < 4.78 is 0. The van der Waals surface area contributed by atoms with Gasteiger partial charge in [0.15, 0.2) is 0 Å². The molecule has 1 atom stereocenters. The summed E-state index contributed by atoms with van der Waals surface area (Å²) in [4.78, 5) is 21.8. The van der Waals surface area contributed by atoms with E-state index in [1.165, 1.54) is 4.90 Å². The van der Waals surface area contributed by atoms with E-state index in [0.29, 0.717) is 5.56 Å². The molecule has 2 aromatic rings. The fourth-order valence-corrected chi connectivity index (χ4v) is 1.79. The molecule has 0 aliphatic carbocycles. The van der Waals surface area contributed by atoms with E-state index >= 15 is 0 Å². The number of nitrogens with zero attached hydrogens (tertiary/aromatic N) is 3. The first kappa shape index (κ1) is 14.0. The van der Waals surface area contributed by atoms with E-state index < -0.39 is 0 Å². The number of hydrogen-bond acceptors (Lipinski definition) is 4. The number of rotatable bonds is 4. The van der Waals surface area contributed by atoms with Gasteiger partial charge in [0.25, 0.3) is 5.91 Å². The Kier molecular flexibility index (Phi) is 4.30. The Hall–Kier alpha value is -2.43. The van der Waals surface area contributed by atoms with Crippen LogP contribution >= 0.6 is 0 Å². The third-order valence-electron chi connectivity index (χ3n) is 2.91. The second-order valence-electron chi connectivity index (χ2n) is 4.75. The quantitative estimate of drug-likeness (QED) is 0.926. The molecule has 0 aliphatic rings. The van der Waals surface area contributed by atoms with E-state index in [1.54, 1.807) is 38.6 Å². The molecule has 5 nitrogen and oxygen atoms in total. The maximum Gasteiger partial charge on any atom is 0.254 e. The lowest BCUT2D eigenvalue weighted by Gasteiger charge is -2.14. The van der Waals surface area contributed by atoms with Crippen LogP contribution in [0.1, 0.15) is 29.0 Å². The van der Waals surface area contributed by atoms with Crippen LogP contribution in [0.25, 0.3) is 0 Å². The van der Waals surface area contributed by atoms with Gasteiger partial charge in [0.1, 0.15) is 5.82 Å². The Morgan fingerprint density at radius 1 is 1.20 bits per heavy atom. The van der Waals surface area contributed by atoms with Gasteiger partial charge in [0.2, 0.25) is 0 Å². The molecule has 1 unspecified atom stereocenters. The highest BCUT2D eigenvalue weighted by Gasteiger charge is 2.10. The Morgan fingerprint density at radius 2 is 2.00 bits per heavy atom. The highest BCUT2D eigenvalue weighted by atomic mass is 16.2. The summed E-state index contributed by atoms with van der Waals surface area (Å²) in [5.74, 6) is 0.667. The predicted molar refractivity (Wildman–Crippen MR) is 78.5 cm³/mol. The molecule has 1 amide bonds. The van der Waals surface area contributed by atoms with Gasteiger partial charge in [-0.3, -0.25) is 9.78 Å². The smallest absolute Gasteiger partial charge is 0.254 e. The van der Waals surface area contributed by atoms with Gasteiger partial charge >= 0.3 is 0 Å². The molecule has 2 rings (SSSR count). The van der Waals surface area contributed by atoms with Crippen molar-refractivity contribution < 1.29 is 4.79 Å². The highest BCUT2D eigenvalue weighted by molar-refractivity contribution is 5.93. The third-order valence-corrected chi connectivity index (χ3v) is 2.91. The summed E-state index contributed by atoms with van der Waals surface area (Å²) >= 11 is 0. The molecule has 0 aliphatic heterocycles. The van der Waals surface area contributed by atoms with E-state index in [-0.39, 0.29) is 11.9 Å². The van der Waals surface area contributed by atoms with Crippen molar-refractivity contribution >= 4 is 11.7 Å². The molecule has 0 bridgehead atoms. The Bertz CT molecular complexity index is 566. The summed E-state index contributed by atoms with van der Waals surface area (Å²) in [5, 5.41) is 3.26. The zero-order valence-corrected chi connectivity index (χ0v) is 11.9. The van der Waals surface area contributed by atoms with E-state index in [9.17, 15) is 4.79 Å². The van der Waals surface area contributed by atoms with Crippen LogP contribution in [-0.2, 0) is 0 Å². The summed E-state index contributed by atoms with van der Waals surface area (Å²) in [5.41, 5.74) is 1.52. The fraction of sp³-hybridized carbons (Fsp3) is 0.267. The summed E-state index contributed by atoms with van der Waals surface area (Å²) in [6.07, 6.45) is 3.34. The molecular weight excluding hydrogens is 252 g/mol. The molecule has 0 aromatic carbocycles. The van der Waals surface area contributed by atoms with E-state index in [4.69, 9.17) is 0 Å². The van der Waals surface area contributed by atoms with Crippen molar-refractivity contribution in [1.82, 2.24) is 14.9 Å². The Morgan fingerprint density at radius 3 is 2.55 bits per heavy atom. The third kappa shape index (κ3) is 3.32. The van der Waals surface area contributed by atoms with Crippen LogP contribution in [0.15, 0.2) is 42.7 Å². The zero-order valence-electron chi connectivity index (χ0n) is 11.9. The van der Waals surface area contributed by atoms with Gasteiger partial charge in [-0.2, -0.15) is 0 Å². The molecular formula is C15H18N4O. The highest BCUT2D eigenvalue weighted by Crippen LogP contribution is 2.15. The van der Waals surface area contributed by atoms with Gasteiger partial charge in [0.05, 0.1) is 17.3 Å². The van der Waals surface area contributed by atoms with Crippen molar-refractivity contribution in [3.05, 3.63) is 54.0 Å². The zero-order chi connectivity index (χ0) is 14.5.